The molecule has 2 aliphatic rings. The summed E-state index contributed by atoms with van der Waals surface area (Å²) < 4.78 is 10.9. The number of methoxy groups -OCH3 is 1. The number of aryl methyl sites for hydroxylation is 1. The Morgan fingerprint density at radius 3 is 2.73 bits per heavy atom. The lowest BCUT2D eigenvalue weighted by Crippen LogP contribution is -2.32. The van der Waals surface area contributed by atoms with Gasteiger partial charge in [-0.3, -0.25) is 9.59 Å². The first-order valence-corrected chi connectivity index (χ1v) is 10.0. The summed E-state index contributed by atoms with van der Waals surface area (Å²) in [5.74, 6) is -0.680. The van der Waals surface area contributed by atoms with Gasteiger partial charge in [0.05, 0.1) is 18.2 Å². The summed E-state index contributed by atoms with van der Waals surface area (Å²) in [7, 11) is 1.55. The highest BCUT2D eigenvalue weighted by molar-refractivity contribution is 6.46. The molecule has 0 spiro atoms. The van der Waals surface area contributed by atoms with Crippen LogP contribution in [0.1, 0.15) is 35.2 Å². The lowest BCUT2D eigenvalue weighted by atomic mass is 9.92. The monoisotopic (exact) mass is 407 g/mol. The van der Waals surface area contributed by atoms with E-state index in [0.717, 1.165) is 28.9 Å². The van der Waals surface area contributed by atoms with Crippen molar-refractivity contribution in [3.05, 3.63) is 70.3 Å². The lowest BCUT2D eigenvalue weighted by Gasteiger charge is -2.26. The molecule has 0 bridgehead atoms. The molecule has 6 nitrogen and oxygen atoms in total. The average Bonchev–Trinajstić information content (AvgIpc) is 3.22. The summed E-state index contributed by atoms with van der Waals surface area (Å²) in [6.45, 7) is 4.47. The molecule has 1 amide bonds. The van der Waals surface area contributed by atoms with E-state index in [1.54, 1.807) is 19.2 Å². The van der Waals surface area contributed by atoms with Gasteiger partial charge in [0.1, 0.15) is 17.6 Å². The Morgan fingerprint density at radius 2 is 2.00 bits per heavy atom. The minimum Gasteiger partial charge on any atom is -0.507 e. The number of aliphatic hydroxyl groups excluding tert-OH is 1. The van der Waals surface area contributed by atoms with Gasteiger partial charge in [-0.25, -0.2) is 0 Å². The normalized spacial score (nSPS) is 22.3. The largest absolute Gasteiger partial charge is 0.507 e. The zero-order chi connectivity index (χ0) is 21.4. The Morgan fingerprint density at radius 1 is 1.23 bits per heavy atom. The molecular formula is C24H25NO5. The minimum absolute atomic E-state index is 0.0731. The molecule has 2 atom stereocenters. The molecule has 2 heterocycles. The summed E-state index contributed by atoms with van der Waals surface area (Å²) in [6.07, 6.45) is 0.809. The van der Waals surface area contributed by atoms with Crippen LogP contribution in [0.25, 0.3) is 5.76 Å². The van der Waals surface area contributed by atoms with Gasteiger partial charge in [-0.15, -0.1) is 0 Å². The zero-order valence-corrected chi connectivity index (χ0v) is 17.3. The molecular weight excluding hydrogens is 382 g/mol. The van der Waals surface area contributed by atoms with Gasteiger partial charge < -0.3 is 19.5 Å². The summed E-state index contributed by atoms with van der Waals surface area (Å²) >= 11 is 0. The first-order valence-electron chi connectivity index (χ1n) is 10.0. The zero-order valence-electron chi connectivity index (χ0n) is 17.3. The molecule has 2 aromatic rings. The van der Waals surface area contributed by atoms with Crippen LogP contribution in [0.5, 0.6) is 5.75 Å². The molecule has 0 saturated carbocycles. The standard InChI is InChI=1S/C24H25NO5/c1-14-6-4-5-7-18(14)21-20(23(27)24(28)25(21)10-11-29-3)22(26)16-8-9-19-17(13-16)12-15(2)30-19/h4-9,13,15,21,26H,10-12H2,1-3H3/b22-20+. The second kappa shape index (κ2) is 7.95. The fourth-order valence-corrected chi connectivity index (χ4v) is 4.24. The Labute approximate surface area is 175 Å². The van der Waals surface area contributed by atoms with E-state index in [2.05, 4.69) is 0 Å². The lowest BCUT2D eigenvalue weighted by molar-refractivity contribution is -0.140. The van der Waals surface area contributed by atoms with E-state index in [4.69, 9.17) is 9.47 Å². The molecule has 2 aromatic carbocycles. The highest BCUT2D eigenvalue weighted by Gasteiger charge is 2.46. The molecule has 0 aliphatic carbocycles. The number of fused-ring (bicyclic) bond motifs is 1. The van der Waals surface area contributed by atoms with Crippen molar-refractivity contribution in [3.63, 3.8) is 0 Å². The maximum atomic E-state index is 13.0. The van der Waals surface area contributed by atoms with Crippen LogP contribution in [0.15, 0.2) is 48.0 Å². The number of amides is 1. The number of ether oxygens (including phenoxy) is 2. The number of benzene rings is 2. The highest BCUT2D eigenvalue weighted by atomic mass is 16.5. The van der Waals surface area contributed by atoms with Crippen molar-refractivity contribution >= 4 is 17.4 Å². The Kier molecular flexibility index (Phi) is 5.35. The van der Waals surface area contributed by atoms with E-state index in [1.807, 2.05) is 44.2 Å². The van der Waals surface area contributed by atoms with Crippen LogP contribution >= 0.6 is 0 Å². The van der Waals surface area contributed by atoms with Crippen LogP contribution in [-0.4, -0.2) is 48.1 Å². The number of carbonyl (C=O) groups is 2. The Bertz CT molecular complexity index is 1040. The smallest absolute Gasteiger partial charge is 0.295 e. The molecule has 156 valence electrons. The van der Waals surface area contributed by atoms with Gasteiger partial charge in [-0.2, -0.15) is 0 Å². The number of likely N-dealkylation sites (tertiary alicyclic amines) is 1. The fourth-order valence-electron chi connectivity index (χ4n) is 4.24. The van der Waals surface area contributed by atoms with Crippen LogP contribution in [0.3, 0.4) is 0 Å². The molecule has 1 saturated heterocycles. The van der Waals surface area contributed by atoms with Crippen LogP contribution in [0.4, 0.5) is 0 Å². The first-order chi connectivity index (χ1) is 14.4. The third kappa shape index (κ3) is 3.37. The quantitative estimate of drug-likeness (QED) is 0.467. The van der Waals surface area contributed by atoms with Crippen molar-refractivity contribution in [2.45, 2.75) is 32.4 Å². The van der Waals surface area contributed by atoms with Gasteiger partial charge in [0.15, 0.2) is 0 Å². The molecule has 1 N–H and O–H groups in total. The third-order valence-electron chi connectivity index (χ3n) is 5.73. The number of rotatable bonds is 5. The van der Waals surface area contributed by atoms with Crippen LogP contribution in [0, 0.1) is 6.92 Å². The van der Waals surface area contributed by atoms with E-state index in [1.165, 1.54) is 4.90 Å². The number of hydrogen-bond acceptors (Lipinski definition) is 5. The van der Waals surface area contributed by atoms with Crippen molar-refractivity contribution in [1.82, 2.24) is 4.90 Å². The van der Waals surface area contributed by atoms with Crippen LogP contribution in [0.2, 0.25) is 0 Å². The number of aliphatic hydroxyl groups is 1. The van der Waals surface area contributed by atoms with Gasteiger partial charge in [-0.05, 0) is 48.7 Å². The molecule has 0 radical (unpaired) electrons. The number of Topliss-reactive ketones (excluding diaryl/α,β-unsaturated/α-hetero) is 1. The van der Waals surface area contributed by atoms with Crippen molar-refractivity contribution < 1.29 is 24.2 Å². The summed E-state index contributed by atoms with van der Waals surface area (Å²) in [5.41, 5.74) is 3.35. The highest BCUT2D eigenvalue weighted by Crippen LogP contribution is 2.41. The van der Waals surface area contributed by atoms with E-state index in [0.29, 0.717) is 12.2 Å². The third-order valence-corrected chi connectivity index (χ3v) is 5.73. The van der Waals surface area contributed by atoms with Crippen LogP contribution < -0.4 is 4.74 Å². The molecule has 4 rings (SSSR count). The van der Waals surface area contributed by atoms with E-state index < -0.39 is 17.7 Å². The summed E-state index contributed by atoms with van der Waals surface area (Å²) in [5, 5.41) is 11.2. The molecule has 0 aromatic heterocycles. The Hall–Kier alpha value is -3.12. The van der Waals surface area contributed by atoms with E-state index in [9.17, 15) is 14.7 Å². The fraction of sp³-hybridized carbons (Fsp3) is 0.333. The van der Waals surface area contributed by atoms with Crippen molar-refractivity contribution in [3.8, 4) is 5.75 Å². The minimum atomic E-state index is -0.679. The van der Waals surface area contributed by atoms with Gasteiger partial charge in [0.25, 0.3) is 11.7 Å². The molecule has 2 unspecified atom stereocenters. The SMILES string of the molecule is COCCN1C(=O)C(=O)/C(=C(/O)c2ccc3c(c2)CC(C)O3)C1c1ccccc1C. The number of ketones is 1. The predicted octanol–water partition coefficient (Wildman–Crippen LogP) is 3.39. The van der Waals surface area contributed by atoms with Crippen LogP contribution in [-0.2, 0) is 20.7 Å². The predicted molar refractivity (Wildman–Crippen MR) is 112 cm³/mol. The molecule has 2 aliphatic heterocycles. The Balaban J connectivity index is 1.85. The van der Waals surface area contributed by atoms with Gasteiger partial charge in [0.2, 0.25) is 0 Å². The van der Waals surface area contributed by atoms with Crippen molar-refractivity contribution in [2.24, 2.45) is 0 Å². The second-order valence-corrected chi connectivity index (χ2v) is 7.80. The number of carbonyl (C=O) groups excluding carboxylic acids is 2. The summed E-state index contributed by atoms with van der Waals surface area (Å²) in [4.78, 5) is 27.3. The second-order valence-electron chi connectivity index (χ2n) is 7.80. The van der Waals surface area contributed by atoms with Gasteiger partial charge in [-0.1, -0.05) is 24.3 Å². The molecule has 1 fully saturated rings. The summed E-state index contributed by atoms with van der Waals surface area (Å²) in [6, 6.07) is 12.3. The van der Waals surface area contributed by atoms with Gasteiger partial charge >= 0.3 is 0 Å². The van der Waals surface area contributed by atoms with E-state index >= 15 is 0 Å². The average molecular weight is 407 g/mol. The first kappa shape index (κ1) is 20.2. The number of hydrogen-bond donors (Lipinski definition) is 1. The van der Waals surface area contributed by atoms with Crippen molar-refractivity contribution in [2.75, 3.05) is 20.3 Å². The maximum Gasteiger partial charge on any atom is 0.295 e. The molecule has 6 heteroatoms. The molecule has 30 heavy (non-hydrogen) atoms. The topological polar surface area (TPSA) is 76.1 Å². The maximum absolute atomic E-state index is 13.0. The van der Waals surface area contributed by atoms with Gasteiger partial charge in [0, 0.05) is 25.6 Å². The number of nitrogens with zero attached hydrogens (tertiary/aromatic N) is 1. The van der Waals surface area contributed by atoms with Crippen molar-refractivity contribution in [1.29, 1.82) is 0 Å². The van der Waals surface area contributed by atoms with E-state index in [-0.39, 0.29) is 24.0 Å².